The fourth-order valence-corrected chi connectivity index (χ4v) is 2.36. The lowest BCUT2D eigenvalue weighted by Crippen LogP contribution is -2.34. The Hall–Kier alpha value is -3.73. The Morgan fingerprint density at radius 3 is 2.48 bits per heavy atom. The maximum atomic E-state index is 11.8. The molecule has 0 spiro atoms. The van der Waals surface area contributed by atoms with Crippen LogP contribution in [0.4, 0.5) is 5.69 Å². The number of rotatable bonds is 9. The number of carbonyl (C=O) groups excluding carboxylic acids is 2. The van der Waals surface area contributed by atoms with Crippen LogP contribution in [0.5, 0.6) is 11.5 Å². The minimum atomic E-state index is -1.41. The van der Waals surface area contributed by atoms with E-state index in [0.29, 0.717) is 23.6 Å². The molecule has 0 aliphatic heterocycles. The van der Waals surface area contributed by atoms with Gasteiger partial charge in [0.05, 0.1) is 30.3 Å². The van der Waals surface area contributed by atoms with Crippen molar-refractivity contribution in [2.45, 2.75) is 13.0 Å². The summed E-state index contributed by atoms with van der Waals surface area (Å²) in [6.45, 7) is 1.78. The molecule has 0 heterocycles. The lowest BCUT2D eigenvalue weighted by atomic mass is 10.0. The van der Waals surface area contributed by atoms with Crippen molar-refractivity contribution in [3.05, 3.63) is 53.6 Å². The molecule has 2 aromatic carbocycles. The van der Waals surface area contributed by atoms with Gasteiger partial charge in [-0.15, -0.1) is 0 Å². The molecule has 8 heteroatoms. The van der Waals surface area contributed by atoms with Gasteiger partial charge < -0.3 is 30.4 Å². The van der Waals surface area contributed by atoms with Gasteiger partial charge in [0.2, 0.25) is 0 Å². The molecule has 8 nitrogen and oxygen atoms in total. The fourth-order valence-electron chi connectivity index (χ4n) is 2.36. The van der Waals surface area contributed by atoms with E-state index in [4.69, 9.17) is 20.5 Å². The van der Waals surface area contributed by atoms with Crippen molar-refractivity contribution in [2.75, 3.05) is 18.5 Å². The van der Waals surface area contributed by atoms with E-state index in [1.165, 1.54) is 12.1 Å². The van der Waals surface area contributed by atoms with E-state index < -0.39 is 24.5 Å². The highest BCUT2D eigenvalue weighted by atomic mass is 16.5. The van der Waals surface area contributed by atoms with Crippen LogP contribution in [0.25, 0.3) is 0 Å². The van der Waals surface area contributed by atoms with Gasteiger partial charge in [-0.25, -0.2) is 0 Å². The summed E-state index contributed by atoms with van der Waals surface area (Å²) in [4.78, 5) is 22.8. The molecule has 3 N–H and O–H groups in total. The molecule has 0 radical (unpaired) electrons. The second-order valence-electron chi connectivity index (χ2n) is 5.47. The molecule has 0 bridgehead atoms. The van der Waals surface area contributed by atoms with E-state index in [0.717, 1.165) is 0 Å². The van der Waals surface area contributed by atoms with Crippen LogP contribution in [-0.2, 0) is 9.59 Å². The number of nitriles is 1. The van der Waals surface area contributed by atoms with Crippen molar-refractivity contribution in [1.29, 1.82) is 5.26 Å². The van der Waals surface area contributed by atoms with Gasteiger partial charge in [-0.1, -0.05) is 0 Å². The van der Waals surface area contributed by atoms with E-state index in [9.17, 15) is 14.7 Å². The summed E-state index contributed by atoms with van der Waals surface area (Å²) >= 11 is 0. The number of amides is 1. The molecule has 27 heavy (non-hydrogen) atoms. The molecule has 0 saturated carbocycles. The quantitative estimate of drug-likeness (QED) is 0.665. The van der Waals surface area contributed by atoms with Crippen LogP contribution in [0.2, 0.25) is 0 Å². The Bertz CT molecular complexity index is 859. The number of anilines is 1. The molecule has 2 aromatic rings. The average Bonchev–Trinajstić information content (AvgIpc) is 2.65. The van der Waals surface area contributed by atoms with Gasteiger partial charge in [0.1, 0.15) is 11.5 Å². The molecular formula is C19H18N3O5-. The molecular weight excluding hydrogens is 350 g/mol. The van der Waals surface area contributed by atoms with Gasteiger partial charge in [-0.3, -0.25) is 4.79 Å². The van der Waals surface area contributed by atoms with E-state index in [1.54, 1.807) is 37.3 Å². The van der Waals surface area contributed by atoms with Crippen molar-refractivity contribution < 1.29 is 24.2 Å². The van der Waals surface area contributed by atoms with E-state index in [2.05, 4.69) is 5.32 Å². The highest BCUT2D eigenvalue weighted by Gasteiger charge is 2.19. The third-order valence-electron chi connectivity index (χ3n) is 3.53. The number of benzene rings is 2. The molecule has 0 saturated heterocycles. The monoisotopic (exact) mass is 368 g/mol. The fraction of sp³-hybridized carbons (Fsp3) is 0.211. The van der Waals surface area contributed by atoms with Crippen LogP contribution in [0.15, 0.2) is 42.5 Å². The molecule has 140 valence electrons. The zero-order valence-electron chi connectivity index (χ0n) is 14.6. The largest absolute Gasteiger partial charge is 0.548 e. The predicted molar refractivity (Wildman–Crippen MR) is 94.8 cm³/mol. The number of primary amides is 1. The van der Waals surface area contributed by atoms with Crippen LogP contribution in [0, 0.1) is 11.3 Å². The van der Waals surface area contributed by atoms with Crippen molar-refractivity contribution in [3.63, 3.8) is 0 Å². The summed E-state index contributed by atoms with van der Waals surface area (Å²) in [5, 5.41) is 23.4. The Labute approximate surface area is 156 Å². The van der Waals surface area contributed by atoms with E-state index >= 15 is 0 Å². The number of carboxylic acid groups (broad SMARTS) is 1. The number of carbonyl (C=O) groups is 2. The Kier molecular flexibility index (Phi) is 6.61. The van der Waals surface area contributed by atoms with Crippen LogP contribution in [0.3, 0.4) is 0 Å². The first-order chi connectivity index (χ1) is 12.9. The Morgan fingerprint density at radius 2 is 1.93 bits per heavy atom. The molecule has 0 aliphatic rings. The molecule has 0 fully saturated rings. The molecule has 0 aromatic heterocycles. The Balaban J connectivity index is 2.39. The standard InChI is InChI=1S/C19H19N3O5/c1-2-26-14-7-8-16(27-11-17(21)23)15(9-14)18(19(24)25)22-13-5-3-12(10-20)4-6-13/h3-9,18,22H,2,11H2,1H3,(H2,21,23)(H,24,25)/p-1. The number of hydrogen-bond donors (Lipinski definition) is 2. The van der Waals surface area contributed by atoms with Crippen LogP contribution < -0.4 is 25.6 Å². The summed E-state index contributed by atoms with van der Waals surface area (Å²) in [5.41, 5.74) is 6.21. The zero-order chi connectivity index (χ0) is 19.8. The number of ether oxygens (including phenoxy) is 2. The lowest BCUT2D eigenvalue weighted by Gasteiger charge is -2.24. The van der Waals surface area contributed by atoms with Gasteiger partial charge in [0.25, 0.3) is 5.91 Å². The minimum Gasteiger partial charge on any atom is -0.548 e. The summed E-state index contributed by atoms with van der Waals surface area (Å²) in [5.74, 6) is -1.50. The third kappa shape index (κ3) is 5.37. The predicted octanol–water partition coefficient (Wildman–Crippen LogP) is 0.724. The van der Waals surface area contributed by atoms with Gasteiger partial charge in [-0.05, 0) is 49.4 Å². The topological polar surface area (TPSA) is 138 Å². The van der Waals surface area contributed by atoms with E-state index in [1.807, 2.05) is 6.07 Å². The van der Waals surface area contributed by atoms with Crippen LogP contribution in [-0.4, -0.2) is 25.1 Å². The smallest absolute Gasteiger partial charge is 0.255 e. The highest BCUT2D eigenvalue weighted by Crippen LogP contribution is 2.32. The first-order valence-corrected chi connectivity index (χ1v) is 8.10. The molecule has 1 amide bonds. The molecule has 1 atom stereocenters. The number of aliphatic carboxylic acids is 1. The van der Waals surface area contributed by atoms with Crippen LogP contribution in [0.1, 0.15) is 24.1 Å². The Morgan fingerprint density at radius 1 is 1.22 bits per heavy atom. The number of nitrogens with zero attached hydrogens (tertiary/aromatic N) is 1. The number of carboxylic acids is 1. The summed E-state index contributed by atoms with van der Waals surface area (Å²) in [7, 11) is 0. The lowest BCUT2D eigenvalue weighted by molar-refractivity contribution is -0.307. The maximum absolute atomic E-state index is 11.8. The summed E-state index contributed by atoms with van der Waals surface area (Å²) in [6, 6.07) is 11.5. The summed E-state index contributed by atoms with van der Waals surface area (Å²) in [6.07, 6.45) is 0. The normalized spacial score (nSPS) is 11.1. The van der Waals surface area contributed by atoms with Crippen LogP contribution >= 0.6 is 0 Å². The third-order valence-corrected chi connectivity index (χ3v) is 3.53. The van der Waals surface area contributed by atoms with Gasteiger partial charge in [0, 0.05) is 11.3 Å². The van der Waals surface area contributed by atoms with Crippen molar-refractivity contribution in [2.24, 2.45) is 5.73 Å². The summed E-state index contributed by atoms with van der Waals surface area (Å²) < 4.78 is 10.7. The van der Waals surface area contributed by atoms with Gasteiger partial charge in [-0.2, -0.15) is 5.26 Å². The van der Waals surface area contributed by atoms with Crippen molar-refractivity contribution >= 4 is 17.6 Å². The second kappa shape index (κ2) is 9.10. The zero-order valence-corrected chi connectivity index (χ0v) is 14.6. The number of nitrogens with one attached hydrogen (secondary N) is 1. The van der Waals surface area contributed by atoms with Crippen molar-refractivity contribution in [3.8, 4) is 17.6 Å². The van der Waals surface area contributed by atoms with Crippen molar-refractivity contribution in [1.82, 2.24) is 0 Å². The highest BCUT2D eigenvalue weighted by molar-refractivity contribution is 5.79. The second-order valence-corrected chi connectivity index (χ2v) is 5.47. The SMILES string of the molecule is CCOc1ccc(OCC(N)=O)c(C(Nc2ccc(C#N)cc2)C(=O)[O-])c1. The number of nitrogens with two attached hydrogens (primary N) is 1. The first kappa shape index (κ1) is 19.6. The molecule has 1 unspecified atom stereocenters. The van der Waals surface area contributed by atoms with Gasteiger partial charge in [0.15, 0.2) is 6.61 Å². The molecule has 0 aliphatic carbocycles. The van der Waals surface area contributed by atoms with Gasteiger partial charge >= 0.3 is 0 Å². The molecule has 2 rings (SSSR count). The first-order valence-electron chi connectivity index (χ1n) is 8.10. The maximum Gasteiger partial charge on any atom is 0.255 e. The number of hydrogen-bond acceptors (Lipinski definition) is 7. The van der Waals surface area contributed by atoms with E-state index in [-0.39, 0.29) is 11.3 Å². The minimum absolute atomic E-state index is 0.160. The average molecular weight is 368 g/mol.